The number of amides is 1. The van der Waals surface area contributed by atoms with Crippen molar-refractivity contribution in [3.8, 4) is 0 Å². The molecule has 1 heterocycles. The highest BCUT2D eigenvalue weighted by Crippen LogP contribution is 2.31. The molecule has 7 heteroatoms. The Hall–Kier alpha value is -1.11. The quantitative estimate of drug-likeness (QED) is 0.826. The van der Waals surface area contributed by atoms with Crippen molar-refractivity contribution < 1.29 is 17.9 Å². The Morgan fingerprint density at radius 2 is 1.90 bits per heavy atom. The molecule has 1 amide bonds. The first kappa shape index (κ1) is 16.3. The molecule has 0 unspecified atom stereocenters. The van der Waals surface area contributed by atoms with Crippen molar-refractivity contribution in [2.45, 2.75) is 18.9 Å². The second-order valence-electron chi connectivity index (χ2n) is 5.16. The Morgan fingerprint density at radius 1 is 1.33 bits per heavy atom. The van der Waals surface area contributed by atoms with Crippen LogP contribution >= 0.6 is 11.6 Å². The zero-order chi connectivity index (χ0) is 15.7. The molecule has 0 atom stereocenters. The van der Waals surface area contributed by atoms with Gasteiger partial charge in [0.15, 0.2) is 15.4 Å². The maximum absolute atomic E-state index is 12.7. The molecule has 116 valence electrons. The summed E-state index contributed by atoms with van der Waals surface area (Å²) in [7, 11) is -1.80. The van der Waals surface area contributed by atoms with E-state index in [1.807, 2.05) is 6.92 Å². The van der Waals surface area contributed by atoms with E-state index in [0.29, 0.717) is 17.3 Å². The van der Waals surface area contributed by atoms with Crippen molar-refractivity contribution in [1.82, 2.24) is 0 Å². The SMILES string of the molecule is CCCN(C(=O)C1(OC)CS(=O)(=O)C1)c1ccc(Cl)cc1. The van der Waals surface area contributed by atoms with Crippen LogP contribution < -0.4 is 4.90 Å². The highest BCUT2D eigenvalue weighted by atomic mass is 35.5. The minimum Gasteiger partial charge on any atom is -0.366 e. The van der Waals surface area contributed by atoms with Crippen molar-refractivity contribution in [2.24, 2.45) is 0 Å². The summed E-state index contributed by atoms with van der Waals surface area (Å²) in [6.07, 6.45) is 0.751. The van der Waals surface area contributed by atoms with Crippen LogP contribution in [0, 0.1) is 0 Å². The van der Waals surface area contributed by atoms with Crippen LogP contribution in [0.15, 0.2) is 24.3 Å². The minimum atomic E-state index is -3.18. The first-order valence-corrected chi connectivity index (χ1v) is 8.86. The topological polar surface area (TPSA) is 63.7 Å². The summed E-state index contributed by atoms with van der Waals surface area (Å²) in [5, 5.41) is 0.579. The number of sulfone groups is 1. The van der Waals surface area contributed by atoms with Gasteiger partial charge in [-0.25, -0.2) is 8.42 Å². The second-order valence-corrected chi connectivity index (χ2v) is 7.66. The number of benzene rings is 1. The molecule has 0 N–H and O–H groups in total. The average Bonchev–Trinajstić information content (AvgIpc) is 2.42. The fraction of sp³-hybridized carbons (Fsp3) is 0.500. The number of hydrogen-bond donors (Lipinski definition) is 0. The summed E-state index contributed by atoms with van der Waals surface area (Å²) >= 11 is 5.86. The van der Waals surface area contributed by atoms with Crippen LogP contribution in [0.25, 0.3) is 0 Å². The summed E-state index contributed by atoms with van der Waals surface area (Å²) in [6.45, 7) is 2.44. The maximum Gasteiger partial charge on any atom is 0.261 e. The molecule has 5 nitrogen and oxygen atoms in total. The fourth-order valence-electron chi connectivity index (χ4n) is 2.44. The van der Waals surface area contributed by atoms with E-state index >= 15 is 0 Å². The van der Waals surface area contributed by atoms with Crippen LogP contribution in [-0.4, -0.2) is 45.1 Å². The lowest BCUT2D eigenvalue weighted by Crippen LogP contribution is -2.65. The Morgan fingerprint density at radius 3 is 2.33 bits per heavy atom. The summed E-state index contributed by atoms with van der Waals surface area (Å²) in [5.74, 6) is -0.837. The molecule has 0 saturated carbocycles. The van der Waals surface area contributed by atoms with Crippen molar-refractivity contribution in [3.63, 3.8) is 0 Å². The van der Waals surface area contributed by atoms with Crippen molar-refractivity contribution >= 4 is 33.0 Å². The van der Waals surface area contributed by atoms with Crippen LogP contribution in [0.3, 0.4) is 0 Å². The Bertz CT molecular complexity index is 615. The number of methoxy groups -OCH3 is 1. The van der Waals surface area contributed by atoms with Gasteiger partial charge in [0.05, 0.1) is 11.5 Å². The molecular formula is C14H18ClNO4S. The lowest BCUT2D eigenvalue weighted by molar-refractivity contribution is -0.137. The van der Waals surface area contributed by atoms with Crippen molar-refractivity contribution in [1.29, 1.82) is 0 Å². The standard InChI is InChI=1S/C14H18ClNO4S/c1-3-8-16(12-6-4-11(15)5-7-12)13(17)14(20-2)9-21(18,19)10-14/h4-7H,3,8-10H2,1-2H3. The third-order valence-electron chi connectivity index (χ3n) is 3.52. The van der Waals surface area contributed by atoms with Gasteiger partial charge in [0, 0.05) is 24.4 Å². The van der Waals surface area contributed by atoms with E-state index in [1.54, 1.807) is 29.2 Å². The van der Waals surface area contributed by atoms with E-state index in [2.05, 4.69) is 0 Å². The fourth-order valence-corrected chi connectivity index (χ4v) is 4.38. The zero-order valence-electron chi connectivity index (χ0n) is 12.0. The number of carbonyl (C=O) groups is 1. The predicted molar refractivity (Wildman–Crippen MR) is 82.5 cm³/mol. The van der Waals surface area contributed by atoms with Gasteiger partial charge in [0.1, 0.15) is 0 Å². The normalized spacial score (nSPS) is 18.8. The molecule has 0 bridgehead atoms. The second kappa shape index (κ2) is 5.94. The molecule has 0 radical (unpaired) electrons. The number of ether oxygens (including phenoxy) is 1. The van der Waals surface area contributed by atoms with Gasteiger partial charge in [0.25, 0.3) is 5.91 Å². The molecule has 21 heavy (non-hydrogen) atoms. The molecule has 0 aromatic heterocycles. The lowest BCUT2D eigenvalue weighted by Gasteiger charge is -2.41. The third-order valence-corrected chi connectivity index (χ3v) is 5.58. The molecule has 1 aromatic rings. The smallest absolute Gasteiger partial charge is 0.261 e. The highest BCUT2D eigenvalue weighted by Gasteiger charge is 2.56. The number of nitrogens with zero attached hydrogens (tertiary/aromatic N) is 1. The van der Waals surface area contributed by atoms with Crippen LogP contribution in [0.4, 0.5) is 5.69 Å². The summed E-state index contributed by atoms with van der Waals surface area (Å²) in [6, 6.07) is 6.88. The number of carbonyl (C=O) groups excluding carboxylic acids is 1. The van der Waals surface area contributed by atoms with Gasteiger partial charge in [-0.1, -0.05) is 18.5 Å². The summed E-state index contributed by atoms with van der Waals surface area (Å²) in [4.78, 5) is 14.3. The third kappa shape index (κ3) is 3.22. The van der Waals surface area contributed by atoms with Gasteiger partial charge in [0.2, 0.25) is 0 Å². The predicted octanol–water partition coefficient (Wildman–Crippen LogP) is 1.90. The van der Waals surface area contributed by atoms with Crippen LogP contribution in [-0.2, 0) is 19.4 Å². The van der Waals surface area contributed by atoms with Crippen LogP contribution in [0.2, 0.25) is 5.02 Å². The van der Waals surface area contributed by atoms with E-state index in [-0.39, 0.29) is 17.4 Å². The minimum absolute atomic E-state index is 0.261. The van der Waals surface area contributed by atoms with E-state index in [9.17, 15) is 13.2 Å². The maximum atomic E-state index is 12.7. The monoisotopic (exact) mass is 331 g/mol. The Kier molecular flexibility index (Phi) is 4.60. The van der Waals surface area contributed by atoms with Gasteiger partial charge in [-0.2, -0.15) is 0 Å². The highest BCUT2D eigenvalue weighted by molar-refractivity contribution is 7.93. The van der Waals surface area contributed by atoms with Gasteiger partial charge in [-0.3, -0.25) is 4.79 Å². The molecule has 1 aliphatic rings. The molecule has 2 rings (SSSR count). The first-order valence-electron chi connectivity index (χ1n) is 6.67. The average molecular weight is 332 g/mol. The number of hydrogen-bond acceptors (Lipinski definition) is 4. The molecule has 0 spiro atoms. The summed E-state index contributed by atoms with van der Waals surface area (Å²) < 4.78 is 28.2. The van der Waals surface area contributed by atoms with Crippen LogP contribution in [0.5, 0.6) is 0 Å². The Labute approximate surface area is 129 Å². The van der Waals surface area contributed by atoms with E-state index in [1.165, 1.54) is 7.11 Å². The zero-order valence-corrected chi connectivity index (χ0v) is 13.6. The number of anilines is 1. The van der Waals surface area contributed by atoms with Gasteiger partial charge in [-0.05, 0) is 30.7 Å². The number of rotatable bonds is 5. The molecule has 0 aliphatic carbocycles. The molecular weight excluding hydrogens is 314 g/mol. The lowest BCUT2D eigenvalue weighted by atomic mass is 10.1. The number of halogens is 1. The van der Waals surface area contributed by atoms with Crippen LogP contribution in [0.1, 0.15) is 13.3 Å². The largest absolute Gasteiger partial charge is 0.366 e. The van der Waals surface area contributed by atoms with Gasteiger partial charge < -0.3 is 9.64 Å². The molecule has 1 fully saturated rings. The van der Waals surface area contributed by atoms with E-state index < -0.39 is 15.4 Å². The molecule has 1 saturated heterocycles. The summed E-state index contributed by atoms with van der Waals surface area (Å²) in [5.41, 5.74) is -0.569. The Balaban J connectivity index is 2.29. The van der Waals surface area contributed by atoms with Gasteiger partial charge in [-0.15, -0.1) is 0 Å². The van der Waals surface area contributed by atoms with E-state index in [4.69, 9.17) is 16.3 Å². The van der Waals surface area contributed by atoms with Crippen molar-refractivity contribution in [3.05, 3.63) is 29.3 Å². The molecule has 1 aliphatic heterocycles. The molecule has 1 aromatic carbocycles. The van der Waals surface area contributed by atoms with Gasteiger partial charge >= 0.3 is 0 Å². The first-order chi connectivity index (χ1) is 9.83. The van der Waals surface area contributed by atoms with E-state index in [0.717, 1.165) is 6.42 Å². The van der Waals surface area contributed by atoms with Crippen molar-refractivity contribution in [2.75, 3.05) is 30.1 Å².